The van der Waals surface area contributed by atoms with Crippen LogP contribution in [0.1, 0.15) is 16.8 Å². The molecule has 4 heterocycles. The van der Waals surface area contributed by atoms with Gasteiger partial charge in [-0.05, 0) is 45.8 Å². The molecule has 0 radical (unpaired) electrons. The zero-order valence-electron chi connectivity index (χ0n) is 19.7. The summed E-state index contributed by atoms with van der Waals surface area (Å²) in [7, 11) is 0. The van der Waals surface area contributed by atoms with Crippen molar-refractivity contribution >= 4 is 49.7 Å². The number of aromatic nitrogens is 2. The quantitative estimate of drug-likeness (QED) is 0.317. The molecule has 3 N–H and O–H groups in total. The number of carbonyl (C=O) groups excluding carboxylic acids is 2. The SMILES string of the molecule is O=C(NCC1C=C(Br)NO1)C1Cc2c([nH]c3ccccc23)CN1C(=O)OCc1cnc2ccccc2c1. The Balaban J connectivity index is 1.22. The highest BCUT2D eigenvalue weighted by molar-refractivity contribution is 9.11. The first-order valence-corrected chi connectivity index (χ1v) is 12.8. The molecule has 37 heavy (non-hydrogen) atoms. The van der Waals surface area contributed by atoms with E-state index in [-0.39, 0.29) is 31.7 Å². The molecule has 4 aromatic rings. The highest BCUT2D eigenvalue weighted by Gasteiger charge is 2.37. The highest BCUT2D eigenvalue weighted by Crippen LogP contribution is 2.31. The van der Waals surface area contributed by atoms with Crippen LogP contribution in [-0.4, -0.2) is 45.6 Å². The maximum Gasteiger partial charge on any atom is 0.411 e. The van der Waals surface area contributed by atoms with Gasteiger partial charge in [0.05, 0.1) is 18.6 Å². The van der Waals surface area contributed by atoms with Crippen LogP contribution < -0.4 is 10.8 Å². The third kappa shape index (κ3) is 4.77. The van der Waals surface area contributed by atoms with Gasteiger partial charge < -0.3 is 15.0 Å². The number of carbonyl (C=O) groups is 2. The molecule has 0 saturated carbocycles. The fourth-order valence-corrected chi connectivity index (χ4v) is 5.23. The molecule has 2 amide bonds. The topological polar surface area (TPSA) is 109 Å². The van der Waals surface area contributed by atoms with Gasteiger partial charge in [-0.15, -0.1) is 0 Å². The zero-order chi connectivity index (χ0) is 25.4. The smallest absolute Gasteiger partial charge is 0.411 e. The van der Waals surface area contributed by atoms with Gasteiger partial charge in [-0.2, -0.15) is 0 Å². The number of amides is 2. The lowest BCUT2D eigenvalue weighted by Crippen LogP contribution is -2.53. The summed E-state index contributed by atoms with van der Waals surface area (Å²) in [5, 5.41) is 4.95. The van der Waals surface area contributed by atoms with Gasteiger partial charge in [-0.1, -0.05) is 36.4 Å². The molecule has 2 atom stereocenters. The second-order valence-corrected chi connectivity index (χ2v) is 9.94. The zero-order valence-corrected chi connectivity index (χ0v) is 21.3. The minimum atomic E-state index is -0.726. The Kier molecular flexibility index (Phi) is 6.27. The lowest BCUT2D eigenvalue weighted by molar-refractivity contribution is -0.127. The van der Waals surface area contributed by atoms with E-state index in [4.69, 9.17) is 9.57 Å². The molecule has 0 saturated heterocycles. The van der Waals surface area contributed by atoms with Crippen LogP contribution in [0.3, 0.4) is 0 Å². The molecule has 188 valence electrons. The summed E-state index contributed by atoms with van der Waals surface area (Å²) >= 11 is 3.31. The molecule has 2 unspecified atom stereocenters. The fourth-order valence-electron chi connectivity index (χ4n) is 4.84. The van der Waals surface area contributed by atoms with E-state index in [1.165, 1.54) is 4.90 Å². The summed E-state index contributed by atoms with van der Waals surface area (Å²) in [6.45, 7) is 0.565. The number of halogens is 1. The summed E-state index contributed by atoms with van der Waals surface area (Å²) < 4.78 is 6.39. The Morgan fingerprint density at radius 3 is 2.89 bits per heavy atom. The van der Waals surface area contributed by atoms with Gasteiger partial charge >= 0.3 is 6.09 Å². The first-order chi connectivity index (χ1) is 18.0. The number of para-hydroxylation sites is 2. The Bertz CT molecular complexity index is 1530. The van der Waals surface area contributed by atoms with E-state index in [0.29, 0.717) is 11.0 Å². The molecular formula is C27H24BrN5O4. The number of nitrogens with one attached hydrogen (secondary N) is 3. The van der Waals surface area contributed by atoms with Crippen LogP contribution in [0.25, 0.3) is 21.8 Å². The van der Waals surface area contributed by atoms with Crippen LogP contribution in [0.4, 0.5) is 4.79 Å². The van der Waals surface area contributed by atoms with E-state index >= 15 is 0 Å². The molecule has 2 aliphatic rings. The van der Waals surface area contributed by atoms with E-state index in [1.54, 1.807) is 6.20 Å². The van der Waals surface area contributed by atoms with E-state index in [9.17, 15) is 9.59 Å². The number of pyridine rings is 1. The third-order valence-electron chi connectivity index (χ3n) is 6.67. The van der Waals surface area contributed by atoms with Crippen molar-refractivity contribution in [2.24, 2.45) is 0 Å². The maximum absolute atomic E-state index is 13.4. The number of benzene rings is 2. The van der Waals surface area contributed by atoms with Crippen LogP contribution in [0.15, 0.2) is 71.5 Å². The van der Waals surface area contributed by atoms with Crippen LogP contribution in [0.5, 0.6) is 0 Å². The maximum atomic E-state index is 13.4. The van der Waals surface area contributed by atoms with Crippen molar-refractivity contribution in [1.82, 2.24) is 25.7 Å². The third-order valence-corrected chi connectivity index (χ3v) is 7.09. The van der Waals surface area contributed by atoms with Gasteiger partial charge in [0.15, 0.2) is 0 Å². The molecule has 0 bridgehead atoms. The predicted octanol–water partition coefficient (Wildman–Crippen LogP) is 4.04. The van der Waals surface area contributed by atoms with Crippen molar-refractivity contribution in [2.45, 2.75) is 31.7 Å². The number of hydroxylamine groups is 1. The average Bonchev–Trinajstić information content (AvgIpc) is 3.51. The molecule has 10 heteroatoms. The van der Waals surface area contributed by atoms with Crippen molar-refractivity contribution in [3.63, 3.8) is 0 Å². The number of hydrogen-bond donors (Lipinski definition) is 3. The van der Waals surface area contributed by atoms with Gasteiger partial charge in [0.25, 0.3) is 0 Å². The lowest BCUT2D eigenvalue weighted by atomic mass is 9.96. The van der Waals surface area contributed by atoms with Crippen molar-refractivity contribution in [3.8, 4) is 0 Å². The molecule has 2 aromatic heterocycles. The standard InChI is InChI=1S/C27H24BrN5O4/c28-25-10-18(37-32-25)13-30-26(34)24-11-20-19-6-2-4-8-22(19)31-23(20)14-33(24)27(35)36-15-16-9-17-5-1-3-7-21(17)29-12-16/h1-10,12,18,24,31-32H,11,13-15H2,(H,30,34). The van der Waals surface area contributed by atoms with E-state index < -0.39 is 12.1 Å². The first-order valence-electron chi connectivity index (χ1n) is 12.0. The molecule has 0 aliphatic carbocycles. The first kappa shape index (κ1) is 23.5. The summed E-state index contributed by atoms with van der Waals surface area (Å²) in [6, 6.07) is 16.9. The number of H-pyrrole nitrogens is 1. The minimum Gasteiger partial charge on any atom is -0.444 e. The van der Waals surface area contributed by atoms with Gasteiger partial charge in [-0.25, -0.2) is 4.79 Å². The van der Waals surface area contributed by atoms with Crippen LogP contribution in [-0.2, 0) is 33.9 Å². The van der Waals surface area contributed by atoms with Crippen molar-refractivity contribution in [3.05, 3.63) is 88.3 Å². The molecule has 6 rings (SSSR count). The second-order valence-electron chi connectivity index (χ2n) is 9.08. The number of aromatic amines is 1. The van der Waals surface area contributed by atoms with E-state index in [1.807, 2.05) is 60.7 Å². The molecule has 9 nitrogen and oxygen atoms in total. The number of ether oxygens (including phenoxy) is 1. The Hall–Kier alpha value is -3.89. The van der Waals surface area contributed by atoms with E-state index in [2.05, 4.69) is 36.7 Å². The van der Waals surface area contributed by atoms with Crippen molar-refractivity contribution in [1.29, 1.82) is 0 Å². The summed E-state index contributed by atoms with van der Waals surface area (Å²) in [5.41, 5.74) is 7.28. The number of rotatable bonds is 5. The highest BCUT2D eigenvalue weighted by atomic mass is 79.9. The number of nitrogens with zero attached hydrogens (tertiary/aromatic N) is 2. The fraction of sp³-hybridized carbons (Fsp3) is 0.222. The van der Waals surface area contributed by atoms with Gasteiger partial charge in [0, 0.05) is 40.2 Å². The largest absolute Gasteiger partial charge is 0.444 e. The number of fused-ring (bicyclic) bond motifs is 4. The van der Waals surface area contributed by atoms with E-state index in [0.717, 1.165) is 38.6 Å². The normalized spacial score (nSPS) is 18.8. The van der Waals surface area contributed by atoms with Crippen LogP contribution in [0, 0.1) is 0 Å². The second kappa shape index (κ2) is 9.87. The average molecular weight is 562 g/mol. The Morgan fingerprint density at radius 2 is 2.03 bits per heavy atom. The van der Waals surface area contributed by atoms with Gasteiger partial charge in [0.2, 0.25) is 5.91 Å². The van der Waals surface area contributed by atoms with Crippen molar-refractivity contribution < 1.29 is 19.2 Å². The molecule has 0 fully saturated rings. The molecule has 0 spiro atoms. The Morgan fingerprint density at radius 1 is 1.19 bits per heavy atom. The summed E-state index contributed by atoms with van der Waals surface area (Å²) in [6.07, 6.45) is 3.03. The van der Waals surface area contributed by atoms with Crippen LogP contribution in [0.2, 0.25) is 0 Å². The van der Waals surface area contributed by atoms with Crippen LogP contribution >= 0.6 is 15.9 Å². The molecule has 2 aliphatic heterocycles. The monoisotopic (exact) mass is 561 g/mol. The molecule has 2 aromatic carbocycles. The molecular weight excluding hydrogens is 538 g/mol. The number of hydrogen-bond acceptors (Lipinski definition) is 6. The lowest BCUT2D eigenvalue weighted by Gasteiger charge is -2.34. The van der Waals surface area contributed by atoms with Gasteiger partial charge in [-0.3, -0.25) is 25.0 Å². The predicted molar refractivity (Wildman–Crippen MR) is 141 cm³/mol. The van der Waals surface area contributed by atoms with Gasteiger partial charge in [0.1, 0.15) is 23.4 Å². The summed E-state index contributed by atoms with van der Waals surface area (Å²) in [5.74, 6) is -0.264. The summed E-state index contributed by atoms with van der Waals surface area (Å²) in [4.78, 5) is 41.4. The Labute approximate surface area is 220 Å². The minimum absolute atomic E-state index is 0.0570. The van der Waals surface area contributed by atoms with Crippen molar-refractivity contribution in [2.75, 3.05) is 6.54 Å².